The highest BCUT2D eigenvalue weighted by Gasteiger charge is 2.35. The van der Waals surface area contributed by atoms with Crippen molar-refractivity contribution in [2.75, 3.05) is 0 Å². The molecule has 0 aromatic rings. The Balaban J connectivity index is 2.30. The van der Waals surface area contributed by atoms with Crippen LogP contribution in [0.4, 0.5) is 0 Å². The number of carbonyl (C=O) groups is 1. The Hall–Kier alpha value is -0.0500. The zero-order valence-corrected chi connectivity index (χ0v) is 9.35. The number of carbonyl (C=O) groups excluding carboxylic acids is 1. The zero-order chi connectivity index (χ0) is 9.35. The smallest absolute Gasteiger partial charge is 0.309 e. The Morgan fingerprint density at radius 3 is 2.25 bits per heavy atom. The summed E-state index contributed by atoms with van der Waals surface area (Å²) in [6, 6.07) is 0. The van der Waals surface area contributed by atoms with Gasteiger partial charge in [-0.1, -0.05) is 15.9 Å². The molecule has 0 aliphatic heterocycles. The molecule has 0 unspecified atom stereocenters. The minimum atomic E-state index is -0.339. The lowest BCUT2D eigenvalue weighted by molar-refractivity contribution is -0.162. The highest BCUT2D eigenvalue weighted by atomic mass is 79.9. The van der Waals surface area contributed by atoms with Gasteiger partial charge in [0, 0.05) is 4.83 Å². The summed E-state index contributed by atoms with van der Waals surface area (Å²) in [6.45, 7) is 5.69. The van der Waals surface area contributed by atoms with Crippen molar-refractivity contribution >= 4 is 21.9 Å². The molecule has 1 rings (SSSR count). The standard InChI is InChI=1S/C9H15BrO2/c1-9(2,3)12-8(11)6-4-7(10)5-6/h6-7H,4-5H2,1-3H3. The summed E-state index contributed by atoms with van der Waals surface area (Å²) in [7, 11) is 0. The summed E-state index contributed by atoms with van der Waals surface area (Å²) in [5, 5.41) is 0. The predicted octanol–water partition coefficient (Wildman–Crippen LogP) is 2.50. The zero-order valence-electron chi connectivity index (χ0n) is 7.76. The molecule has 1 saturated carbocycles. The first-order valence-corrected chi connectivity index (χ1v) is 5.17. The van der Waals surface area contributed by atoms with Crippen molar-refractivity contribution in [1.29, 1.82) is 0 Å². The molecule has 1 aliphatic carbocycles. The first-order chi connectivity index (χ1) is 5.38. The Kier molecular flexibility index (Phi) is 2.81. The van der Waals surface area contributed by atoms with Gasteiger partial charge in [-0.2, -0.15) is 0 Å². The largest absolute Gasteiger partial charge is 0.460 e. The van der Waals surface area contributed by atoms with Crippen LogP contribution in [0.1, 0.15) is 33.6 Å². The Labute approximate surface area is 81.8 Å². The molecular weight excluding hydrogens is 220 g/mol. The van der Waals surface area contributed by atoms with E-state index in [1.54, 1.807) is 0 Å². The van der Waals surface area contributed by atoms with E-state index < -0.39 is 0 Å². The van der Waals surface area contributed by atoms with Crippen LogP contribution in [0.25, 0.3) is 0 Å². The van der Waals surface area contributed by atoms with Gasteiger partial charge in [0.25, 0.3) is 0 Å². The Morgan fingerprint density at radius 1 is 1.42 bits per heavy atom. The molecule has 0 atom stereocenters. The van der Waals surface area contributed by atoms with Crippen LogP contribution in [0.2, 0.25) is 0 Å². The number of hydrogen-bond donors (Lipinski definition) is 0. The fourth-order valence-electron chi connectivity index (χ4n) is 1.13. The van der Waals surface area contributed by atoms with E-state index in [-0.39, 0.29) is 17.5 Å². The molecular formula is C9H15BrO2. The van der Waals surface area contributed by atoms with Gasteiger partial charge in [0.15, 0.2) is 0 Å². The average Bonchev–Trinajstić information content (AvgIpc) is 1.76. The van der Waals surface area contributed by atoms with E-state index >= 15 is 0 Å². The second-order valence-corrected chi connectivity index (χ2v) is 5.59. The molecule has 70 valence electrons. The lowest BCUT2D eigenvalue weighted by Crippen LogP contribution is -2.36. The normalized spacial score (nSPS) is 29.3. The maximum Gasteiger partial charge on any atom is 0.309 e. The van der Waals surface area contributed by atoms with Crippen LogP contribution in [0.3, 0.4) is 0 Å². The third-order valence-electron chi connectivity index (χ3n) is 1.82. The predicted molar refractivity (Wildman–Crippen MR) is 51.3 cm³/mol. The molecule has 0 amide bonds. The van der Waals surface area contributed by atoms with Gasteiger partial charge >= 0.3 is 5.97 Å². The topological polar surface area (TPSA) is 26.3 Å². The summed E-state index contributed by atoms with van der Waals surface area (Å²) in [5.41, 5.74) is -0.339. The molecule has 12 heavy (non-hydrogen) atoms. The second kappa shape index (κ2) is 3.36. The van der Waals surface area contributed by atoms with Gasteiger partial charge in [0.1, 0.15) is 5.60 Å². The van der Waals surface area contributed by atoms with Gasteiger partial charge in [-0.15, -0.1) is 0 Å². The van der Waals surface area contributed by atoms with E-state index in [0.29, 0.717) is 4.83 Å². The van der Waals surface area contributed by atoms with Gasteiger partial charge in [0.2, 0.25) is 0 Å². The maximum atomic E-state index is 11.3. The van der Waals surface area contributed by atoms with Crippen LogP contribution in [-0.2, 0) is 9.53 Å². The number of ether oxygens (including phenoxy) is 1. The summed E-state index contributed by atoms with van der Waals surface area (Å²) >= 11 is 3.44. The van der Waals surface area contributed by atoms with Crippen LogP contribution in [0.15, 0.2) is 0 Å². The van der Waals surface area contributed by atoms with Crippen LogP contribution >= 0.6 is 15.9 Å². The van der Waals surface area contributed by atoms with Gasteiger partial charge in [-0.3, -0.25) is 4.79 Å². The van der Waals surface area contributed by atoms with E-state index in [2.05, 4.69) is 15.9 Å². The van der Waals surface area contributed by atoms with Gasteiger partial charge < -0.3 is 4.74 Å². The fraction of sp³-hybridized carbons (Fsp3) is 0.889. The molecule has 0 heterocycles. The van der Waals surface area contributed by atoms with E-state index in [0.717, 1.165) is 12.8 Å². The van der Waals surface area contributed by atoms with Crippen LogP contribution in [0.5, 0.6) is 0 Å². The molecule has 0 saturated heterocycles. The van der Waals surface area contributed by atoms with Crippen LogP contribution < -0.4 is 0 Å². The molecule has 0 spiro atoms. The molecule has 0 bridgehead atoms. The molecule has 0 aromatic heterocycles. The van der Waals surface area contributed by atoms with Gasteiger partial charge in [-0.25, -0.2) is 0 Å². The fourth-order valence-corrected chi connectivity index (χ4v) is 2.03. The van der Waals surface area contributed by atoms with Crippen molar-refractivity contribution in [1.82, 2.24) is 0 Å². The molecule has 0 N–H and O–H groups in total. The number of halogens is 1. The highest BCUT2D eigenvalue weighted by molar-refractivity contribution is 9.09. The first kappa shape index (κ1) is 10.0. The highest BCUT2D eigenvalue weighted by Crippen LogP contribution is 2.34. The molecule has 3 heteroatoms. The number of hydrogen-bond acceptors (Lipinski definition) is 2. The van der Waals surface area contributed by atoms with Gasteiger partial charge in [0.05, 0.1) is 5.92 Å². The third-order valence-corrected chi connectivity index (χ3v) is 2.57. The average molecular weight is 235 g/mol. The van der Waals surface area contributed by atoms with Crippen molar-refractivity contribution < 1.29 is 9.53 Å². The second-order valence-electron chi connectivity index (χ2n) is 4.30. The van der Waals surface area contributed by atoms with E-state index in [4.69, 9.17) is 4.74 Å². The van der Waals surface area contributed by atoms with Crippen LogP contribution in [0, 0.1) is 5.92 Å². The summed E-state index contributed by atoms with van der Waals surface area (Å²) in [5.74, 6) is 0.0896. The van der Waals surface area contributed by atoms with Gasteiger partial charge in [-0.05, 0) is 33.6 Å². The van der Waals surface area contributed by atoms with E-state index in [9.17, 15) is 4.79 Å². The Morgan fingerprint density at radius 2 is 1.92 bits per heavy atom. The molecule has 1 fully saturated rings. The summed E-state index contributed by atoms with van der Waals surface area (Å²) in [4.78, 5) is 11.9. The van der Waals surface area contributed by atoms with Crippen molar-refractivity contribution in [3.8, 4) is 0 Å². The maximum absolute atomic E-state index is 11.3. The lowest BCUT2D eigenvalue weighted by atomic mass is 9.85. The van der Waals surface area contributed by atoms with Crippen molar-refractivity contribution in [2.24, 2.45) is 5.92 Å². The first-order valence-electron chi connectivity index (χ1n) is 4.25. The van der Waals surface area contributed by atoms with Crippen LogP contribution in [-0.4, -0.2) is 16.4 Å². The molecule has 0 aromatic carbocycles. The van der Waals surface area contributed by atoms with Crippen molar-refractivity contribution in [2.45, 2.75) is 44.0 Å². The minimum absolute atomic E-state index is 0.0433. The number of esters is 1. The number of alkyl halides is 1. The summed E-state index contributed by atoms with van der Waals surface area (Å²) < 4.78 is 5.23. The number of rotatable bonds is 1. The molecule has 2 nitrogen and oxygen atoms in total. The molecule has 0 radical (unpaired) electrons. The van der Waals surface area contributed by atoms with E-state index in [1.807, 2.05) is 20.8 Å². The lowest BCUT2D eigenvalue weighted by Gasteiger charge is -2.32. The SMILES string of the molecule is CC(C)(C)OC(=O)C1CC(Br)C1. The Bertz CT molecular complexity index is 177. The quantitative estimate of drug-likeness (QED) is 0.515. The van der Waals surface area contributed by atoms with Crippen molar-refractivity contribution in [3.63, 3.8) is 0 Å². The van der Waals surface area contributed by atoms with E-state index in [1.165, 1.54) is 0 Å². The molecule has 1 aliphatic rings. The van der Waals surface area contributed by atoms with Crippen molar-refractivity contribution in [3.05, 3.63) is 0 Å². The summed E-state index contributed by atoms with van der Waals surface area (Å²) in [6.07, 6.45) is 1.85. The third kappa shape index (κ3) is 2.77. The minimum Gasteiger partial charge on any atom is -0.460 e. The monoisotopic (exact) mass is 234 g/mol.